The van der Waals surface area contributed by atoms with E-state index in [9.17, 15) is 4.79 Å². The first-order valence-electron chi connectivity index (χ1n) is 5.36. The van der Waals surface area contributed by atoms with Gasteiger partial charge in [0.05, 0.1) is 19.6 Å². The van der Waals surface area contributed by atoms with E-state index in [0.717, 1.165) is 19.5 Å². The second-order valence-electron chi connectivity index (χ2n) is 4.50. The Bertz CT molecular complexity index is 228. The Morgan fingerprint density at radius 3 is 2.67 bits per heavy atom. The van der Waals surface area contributed by atoms with Crippen LogP contribution < -0.4 is 0 Å². The molecule has 0 N–H and O–H groups in total. The van der Waals surface area contributed by atoms with Crippen molar-refractivity contribution in [2.24, 2.45) is 5.92 Å². The topological polar surface area (TPSA) is 38.8 Å². The maximum Gasteiger partial charge on any atom is 0.310 e. The summed E-state index contributed by atoms with van der Waals surface area (Å²) in [6, 6.07) is 0. The van der Waals surface area contributed by atoms with Crippen LogP contribution >= 0.6 is 0 Å². The zero-order valence-electron chi connectivity index (χ0n) is 10.1. The molecule has 1 saturated heterocycles. The van der Waals surface area contributed by atoms with Crippen LogP contribution in [0.1, 0.15) is 20.3 Å². The molecule has 1 atom stereocenters. The fraction of sp³-hybridized carbons (Fsp3) is 0.909. The van der Waals surface area contributed by atoms with Gasteiger partial charge in [-0.1, -0.05) is 0 Å². The first-order valence-corrected chi connectivity index (χ1v) is 5.36. The highest BCUT2D eigenvalue weighted by Gasteiger charge is 2.45. The minimum absolute atomic E-state index is 0.0145. The van der Waals surface area contributed by atoms with Crippen molar-refractivity contribution in [3.8, 4) is 0 Å². The van der Waals surface area contributed by atoms with Gasteiger partial charge in [0, 0.05) is 19.2 Å². The molecule has 1 fully saturated rings. The highest BCUT2D eigenvalue weighted by molar-refractivity contribution is 5.74. The Balaban J connectivity index is 2.62. The number of carbonyl (C=O) groups excluding carboxylic acids is 1. The van der Waals surface area contributed by atoms with Gasteiger partial charge in [-0.05, 0) is 26.8 Å². The Hall–Kier alpha value is -0.610. The van der Waals surface area contributed by atoms with Gasteiger partial charge in [-0.3, -0.25) is 9.69 Å². The maximum atomic E-state index is 11.6. The molecule has 1 aliphatic heterocycles. The van der Waals surface area contributed by atoms with Crippen molar-refractivity contribution in [1.29, 1.82) is 0 Å². The largest absolute Gasteiger partial charge is 0.469 e. The first kappa shape index (κ1) is 12.5. The van der Waals surface area contributed by atoms with E-state index < -0.39 is 0 Å². The van der Waals surface area contributed by atoms with E-state index in [4.69, 9.17) is 9.47 Å². The standard InChI is InChI=1S/C11H21NO3/c1-11(2)9(10(13)15-4)5-6-12(11)7-8-14-3/h9H,5-8H2,1-4H3. The van der Waals surface area contributed by atoms with Gasteiger partial charge in [0.25, 0.3) is 0 Å². The Labute approximate surface area is 91.5 Å². The summed E-state index contributed by atoms with van der Waals surface area (Å²) >= 11 is 0. The van der Waals surface area contributed by atoms with Crippen LogP contribution in [0.15, 0.2) is 0 Å². The molecule has 1 unspecified atom stereocenters. The molecule has 4 nitrogen and oxygen atoms in total. The Kier molecular flexibility index (Phi) is 4.11. The number of likely N-dealkylation sites (tertiary alicyclic amines) is 1. The molecule has 0 aliphatic carbocycles. The molecule has 88 valence electrons. The van der Waals surface area contributed by atoms with Crippen LogP contribution in [0.4, 0.5) is 0 Å². The molecule has 4 heteroatoms. The Morgan fingerprint density at radius 2 is 2.13 bits per heavy atom. The molecular formula is C11H21NO3. The van der Waals surface area contributed by atoms with Crippen molar-refractivity contribution in [3.05, 3.63) is 0 Å². The van der Waals surface area contributed by atoms with Crippen LogP contribution in [0.5, 0.6) is 0 Å². The van der Waals surface area contributed by atoms with Gasteiger partial charge in [0.1, 0.15) is 0 Å². The smallest absolute Gasteiger partial charge is 0.310 e. The third-order valence-electron chi connectivity index (χ3n) is 3.41. The lowest BCUT2D eigenvalue weighted by atomic mass is 9.88. The summed E-state index contributed by atoms with van der Waals surface area (Å²) in [5, 5.41) is 0. The predicted octanol–water partition coefficient (Wildman–Crippen LogP) is 0.906. The van der Waals surface area contributed by atoms with Crippen molar-refractivity contribution >= 4 is 5.97 Å². The molecule has 15 heavy (non-hydrogen) atoms. The molecule has 0 aromatic heterocycles. The van der Waals surface area contributed by atoms with E-state index in [-0.39, 0.29) is 17.4 Å². The van der Waals surface area contributed by atoms with E-state index in [2.05, 4.69) is 18.7 Å². The number of hydrogen-bond acceptors (Lipinski definition) is 4. The third kappa shape index (κ3) is 2.49. The average Bonchev–Trinajstić information content (AvgIpc) is 2.49. The van der Waals surface area contributed by atoms with Crippen molar-refractivity contribution in [2.75, 3.05) is 33.9 Å². The summed E-state index contributed by atoms with van der Waals surface area (Å²) in [4.78, 5) is 13.9. The van der Waals surface area contributed by atoms with Crippen molar-refractivity contribution < 1.29 is 14.3 Å². The van der Waals surface area contributed by atoms with Gasteiger partial charge < -0.3 is 9.47 Å². The quantitative estimate of drug-likeness (QED) is 0.653. The lowest BCUT2D eigenvalue weighted by Gasteiger charge is -2.34. The third-order valence-corrected chi connectivity index (χ3v) is 3.41. The van der Waals surface area contributed by atoms with Crippen molar-refractivity contribution in [1.82, 2.24) is 4.90 Å². The fourth-order valence-corrected chi connectivity index (χ4v) is 2.30. The van der Waals surface area contributed by atoms with Gasteiger partial charge in [0.15, 0.2) is 0 Å². The van der Waals surface area contributed by atoms with E-state index in [1.54, 1.807) is 7.11 Å². The van der Waals surface area contributed by atoms with Crippen molar-refractivity contribution in [2.45, 2.75) is 25.8 Å². The lowest BCUT2D eigenvalue weighted by Crippen LogP contribution is -2.46. The fourth-order valence-electron chi connectivity index (χ4n) is 2.30. The van der Waals surface area contributed by atoms with Crippen LogP contribution in [0.25, 0.3) is 0 Å². The molecule has 0 bridgehead atoms. The van der Waals surface area contributed by atoms with Gasteiger partial charge in [-0.25, -0.2) is 0 Å². The minimum atomic E-state index is -0.119. The van der Waals surface area contributed by atoms with Crippen LogP contribution in [0, 0.1) is 5.92 Å². The van der Waals surface area contributed by atoms with Crippen LogP contribution in [0.2, 0.25) is 0 Å². The van der Waals surface area contributed by atoms with Gasteiger partial charge in [0.2, 0.25) is 0 Å². The highest BCUT2D eigenvalue weighted by Crippen LogP contribution is 2.34. The van der Waals surface area contributed by atoms with E-state index in [1.165, 1.54) is 7.11 Å². The normalized spacial score (nSPS) is 25.5. The molecule has 0 aromatic carbocycles. The molecule has 0 aromatic rings. The molecule has 1 heterocycles. The number of nitrogens with zero attached hydrogens (tertiary/aromatic N) is 1. The second kappa shape index (κ2) is 4.94. The zero-order valence-corrected chi connectivity index (χ0v) is 10.1. The lowest BCUT2D eigenvalue weighted by molar-refractivity contribution is -0.148. The monoisotopic (exact) mass is 215 g/mol. The number of methoxy groups -OCH3 is 2. The summed E-state index contributed by atoms with van der Waals surface area (Å²) < 4.78 is 9.89. The molecule has 1 aliphatic rings. The van der Waals surface area contributed by atoms with Crippen LogP contribution in [-0.2, 0) is 14.3 Å². The summed E-state index contributed by atoms with van der Waals surface area (Å²) in [7, 11) is 3.15. The van der Waals surface area contributed by atoms with Crippen molar-refractivity contribution in [3.63, 3.8) is 0 Å². The summed E-state index contributed by atoms with van der Waals surface area (Å²) in [6.45, 7) is 6.71. The van der Waals surface area contributed by atoms with E-state index >= 15 is 0 Å². The number of rotatable bonds is 4. The molecule has 1 rings (SSSR count). The van der Waals surface area contributed by atoms with Crippen LogP contribution in [0.3, 0.4) is 0 Å². The molecule has 0 amide bonds. The van der Waals surface area contributed by atoms with Gasteiger partial charge in [-0.15, -0.1) is 0 Å². The Morgan fingerprint density at radius 1 is 1.47 bits per heavy atom. The maximum absolute atomic E-state index is 11.6. The number of esters is 1. The molecule has 0 saturated carbocycles. The average molecular weight is 215 g/mol. The van der Waals surface area contributed by atoms with Crippen LogP contribution in [-0.4, -0.2) is 50.3 Å². The second-order valence-corrected chi connectivity index (χ2v) is 4.50. The van der Waals surface area contributed by atoms with E-state index in [0.29, 0.717) is 6.61 Å². The molecular weight excluding hydrogens is 194 g/mol. The summed E-state index contributed by atoms with van der Waals surface area (Å²) in [5.74, 6) is -0.112. The van der Waals surface area contributed by atoms with Gasteiger partial charge in [-0.2, -0.15) is 0 Å². The number of carbonyl (C=O) groups is 1. The highest BCUT2D eigenvalue weighted by atomic mass is 16.5. The molecule has 0 radical (unpaired) electrons. The first-order chi connectivity index (χ1) is 7.04. The summed E-state index contributed by atoms with van der Waals surface area (Å²) in [6.07, 6.45) is 0.878. The molecule has 0 spiro atoms. The minimum Gasteiger partial charge on any atom is -0.469 e. The summed E-state index contributed by atoms with van der Waals surface area (Å²) in [5.41, 5.74) is -0.119. The van der Waals surface area contributed by atoms with Gasteiger partial charge >= 0.3 is 5.97 Å². The zero-order chi connectivity index (χ0) is 11.5. The number of ether oxygens (including phenoxy) is 2. The van der Waals surface area contributed by atoms with E-state index in [1.807, 2.05) is 0 Å². The number of hydrogen-bond donors (Lipinski definition) is 0. The SMILES string of the molecule is COCCN1CCC(C(=O)OC)C1(C)C. The predicted molar refractivity (Wildman–Crippen MR) is 57.7 cm³/mol.